The lowest BCUT2D eigenvalue weighted by Gasteiger charge is -2.28. The second-order valence-electron chi connectivity index (χ2n) is 8.27. The summed E-state index contributed by atoms with van der Waals surface area (Å²) in [6.07, 6.45) is 1.69. The molecule has 2 aromatic rings. The highest BCUT2D eigenvalue weighted by atomic mass is 32.2. The molecule has 0 radical (unpaired) electrons. The monoisotopic (exact) mass is 494 g/mol. The molecule has 1 fully saturated rings. The second-order valence-corrected chi connectivity index (χ2v) is 12.3. The van der Waals surface area contributed by atoms with Crippen LogP contribution < -0.4 is 9.62 Å². The molecule has 1 saturated heterocycles. The van der Waals surface area contributed by atoms with Gasteiger partial charge in [-0.25, -0.2) is 12.7 Å². The first kappa shape index (κ1) is 25.2. The molecular weight excluding hydrogens is 464 g/mol. The predicted molar refractivity (Wildman–Crippen MR) is 129 cm³/mol. The Morgan fingerprint density at radius 3 is 2.15 bits per heavy atom. The number of benzene rings is 2. The fourth-order valence-electron chi connectivity index (χ4n) is 3.59. The van der Waals surface area contributed by atoms with E-state index in [-0.39, 0.29) is 4.90 Å². The zero-order chi connectivity index (χ0) is 24.4. The summed E-state index contributed by atoms with van der Waals surface area (Å²) < 4.78 is 54.8. The summed E-state index contributed by atoms with van der Waals surface area (Å²) >= 11 is 0. The van der Waals surface area contributed by atoms with Crippen LogP contribution in [0.25, 0.3) is 0 Å². The van der Waals surface area contributed by atoms with Crippen molar-refractivity contribution in [2.24, 2.45) is 0 Å². The minimum absolute atomic E-state index is 0.162. The quantitative estimate of drug-likeness (QED) is 0.606. The van der Waals surface area contributed by atoms with E-state index in [0.29, 0.717) is 24.5 Å². The van der Waals surface area contributed by atoms with Crippen molar-refractivity contribution in [1.29, 1.82) is 0 Å². The van der Waals surface area contributed by atoms with E-state index in [9.17, 15) is 21.6 Å². The highest BCUT2D eigenvalue weighted by molar-refractivity contribution is 7.90. The Morgan fingerprint density at radius 2 is 1.58 bits per heavy atom. The molecule has 33 heavy (non-hydrogen) atoms. The molecule has 1 amide bonds. The van der Waals surface area contributed by atoms with Crippen LogP contribution in [0.3, 0.4) is 0 Å². The second kappa shape index (κ2) is 9.80. The number of amides is 1. The number of carbonyl (C=O) groups is 1. The molecule has 0 aromatic heterocycles. The average Bonchev–Trinajstić information content (AvgIpc) is 3.30. The molecule has 1 heterocycles. The summed E-state index contributed by atoms with van der Waals surface area (Å²) in [4.78, 5) is 13.0. The molecule has 0 unspecified atom stereocenters. The van der Waals surface area contributed by atoms with E-state index in [1.54, 1.807) is 19.1 Å². The van der Waals surface area contributed by atoms with Gasteiger partial charge in [-0.1, -0.05) is 12.1 Å². The largest absolute Gasteiger partial charge is 0.325 e. The smallest absolute Gasteiger partial charge is 0.304 e. The van der Waals surface area contributed by atoms with Gasteiger partial charge in [0.25, 0.3) is 0 Å². The van der Waals surface area contributed by atoms with Crippen LogP contribution in [0.2, 0.25) is 0 Å². The van der Waals surface area contributed by atoms with Crippen LogP contribution in [-0.4, -0.2) is 65.1 Å². The molecular formula is C22H30N4O5S2. The Labute approximate surface area is 196 Å². The molecule has 0 spiro atoms. The summed E-state index contributed by atoms with van der Waals surface area (Å²) in [5.74, 6) is -0.545. The van der Waals surface area contributed by atoms with Crippen molar-refractivity contribution < 1.29 is 21.6 Å². The van der Waals surface area contributed by atoms with Crippen molar-refractivity contribution in [3.63, 3.8) is 0 Å². The Balaban J connectivity index is 1.80. The van der Waals surface area contributed by atoms with Gasteiger partial charge < -0.3 is 5.32 Å². The number of nitrogens with one attached hydrogen (secondary N) is 1. The predicted octanol–water partition coefficient (Wildman–Crippen LogP) is 2.34. The molecule has 0 aliphatic carbocycles. The van der Waals surface area contributed by atoms with Gasteiger partial charge in [0.15, 0.2) is 0 Å². The zero-order valence-corrected chi connectivity index (χ0v) is 20.9. The van der Waals surface area contributed by atoms with Crippen LogP contribution in [0.5, 0.6) is 0 Å². The van der Waals surface area contributed by atoms with Crippen molar-refractivity contribution in [2.75, 3.05) is 43.4 Å². The molecule has 2 aromatic carbocycles. The van der Waals surface area contributed by atoms with Gasteiger partial charge in [0.2, 0.25) is 15.9 Å². The van der Waals surface area contributed by atoms with Crippen LogP contribution >= 0.6 is 0 Å². The lowest BCUT2D eigenvalue weighted by molar-refractivity contribution is -0.114. The van der Waals surface area contributed by atoms with Crippen molar-refractivity contribution in [2.45, 2.75) is 31.6 Å². The molecule has 11 heteroatoms. The number of aryl methyl sites for hydroxylation is 2. The highest BCUT2D eigenvalue weighted by Gasteiger charge is 2.29. The Bertz CT molecular complexity index is 1220. The lowest BCUT2D eigenvalue weighted by atomic mass is 10.1. The maximum atomic E-state index is 13.0. The van der Waals surface area contributed by atoms with Gasteiger partial charge in [0.05, 0.1) is 10.6 Å². The maximum Gasteiger partial charge on any atom is 0.304 e. The van der Waals surface area contributed by atoms with Gasteiger partial charge in [0.1, 0.15) is 6.54 Å². The Morgan fingerprint density at radius 1 is 0.970 bits per heavy atom. The van der Waals surface area contributed by atoms with Crippen molar-refractivity contribution in [3.8, 4) is 0 Å². The Hall–Kier alpha value is -2.47. The summed E-state index contributed by atoms with van der Waals surface area (Å²) in [5, 5.41) is 2.66. The van der Waals surface area contributed by atoms with E-state index in [1.165, 1.54) is 42.7 Å². The van der Waals surface area contributed by atoms with Crippen LogP contribution in [-0.2, 0) is 25.0 Å². The van der Waals surface area contributed by atoms with E-state index >= 15 is 0 Å². The first-order valence-corrected chi connectivity index (χ1v) is 13.4. The van der Waals surface area contributed by atoms with E-state index in [0.717, 1.165) is 32.6 Å². The molecule has 1 N–H and O–H groups in total. The van der Waals surface area contributed by atoms with Crippen LogP contribution in [0.1, 0.15) is 24.0 Å². The van der Waals surface area contributed by atoms with Gasteiger partial charge in [0, 0.05) is 32.9 Å². The van der Waals surface area contributed by atoms with Gasteiger partial charge >= 0.3 is 10.2 Å². The summed E-state index contributed by atoms with van der Waals surface area (Å²) in [7, 11) is -4.67. The first-order chi connectivity index (χ1) is 15.4. The van der Waals surface area contributed by atoms with E-state index < -0.39 is 32.7 Å². The fraction of sp³-hybridized carbons (Fsp3) is 0.409. The summed E-state index contributed by atoms with van der Waals surface area (Å²) in [5.41, 5.74) is 2.38. The number of hydrogen-bond acceptors (Lipinski definition) is 5. The SMILES string of the molecule is Cc1ccc(C)c(N(CC(=O)Nc2ccc(S(=O)(=O)N3CCCC3)cc2)S(=O)(=O)N(C)C)c1. The lowest BCUT2D eigenvalue weighted by Crippen LogP contribution is -2.44. The van der Waals surface area contributed by atoms with Crippen molar-refractivity contribution in [3.05, 3.63) is 53.6 Å². The van der Waals surface area contributed by atoms with Gasteiger partial charge in [-0.3, -0.25) is 4.79 Å². The minimum atomic E-state index is -3.93. The van der Waals surface area contributed by atoms with E-state index in [4.69, 9.17) is 0 Å². The minimum Gasteiger partial charge on any atom is -0.325 e. The molecule has 1 aliphatic rings. The standard InChI is InChI=1S/C22H30N4O5S2/c1-17-7-8-18(2)21(15-17)26(33(30,31)24(3)4)16-22(27)23-19-9-11-20(12-10-19)32(28,29)25-13-5-6-14-25/h7-12,15H,5-6,13-14,16H2,1-4H3,(H,23,27). The molecule has 0 bridgehead atoms. The number of anilines is 2. The number of nitrogens with zero attached hydrogens (tertiary/aromatic N) is 3. The molecule has 3 rings (SSSR count). The molecule has 0 atom stereocenters. The molecule has 1 aliphatic heterocycles. The van der Waals surface area contributed by atoms with Crippen molar-refractivity contribution in [1.82, 2.24) is 8.61 Å². The maximum absolute atomic E-state index is 13.0. The van der Waals surface area contributed by atoms with Gasteiger partial charge in [-0.2, -0.15) is 17.0 Å². The van der Waals surface area contributed by atoms with E-state index in [1.807, 2.05) is 13.0 Å². The van der Waals surface area contributed by atoms with Gasteiger partial charge in [-0.05, 0) is 68.1 Å². The van der Waals surface area contributed by atoms with Gasteiger partial charge in [-0.15, -0.1) is 0 Å². The number of sulfonamides is 1. The Kier molecular flexibility index (Phi) is 7.47. The third-order valence-electron chi connectivity index (χ3n) is 5.50. The zero-order valence-electron chi connectivity index (χ0n) is 19.3. The number of rotatable bonds is 8. The van der Waals surface area contributed by atoms with E-state index in [2.05, 4.69) is 5.32 Å². The fourth-order valence-corrected chi connectivity index (χ4v) is 6.23. The third-order valence-corrected chi connectivity index (χ3v) is 9.22. The third kappa shape index (κ3) is 5.55. The topological polar surface area (TPSA) is 107 Å². The summed E-state index contributed by atoms with van der Waals surface area (Å²) in [6, 6.07) is 11.3. The summed E-state index contributed by atoms with van der Waals surface area (Å²) in [6.45, 7) is 4.22. The number of carbonyl (C=O) groups excluding carboxylic acids is 1. The first-order valence-electron chi connectivity index (χ1n) is 10.6. The normalized spacial score (nSPS) is 15.1. The van der Waals surface area contributed by atoms with Crippen LogP contribution in [0.15, 0.2) is 47.4 Å². The van der Waals surface area contributed by atoms with Crippen molar-refractivity contribution >= 4 is 37.5 Å². The molecule has 0 saturated carbocycles. The number of hydrogen-bond donors (Lipinski definition) is 1. The molecule has 180 valence electrons. The van der Waals surface area contributed by atoms with Crippen LogP contribution in [0.4, 0.5) is 11.4 Å². The van der Waals surface area contributed by atoms with Crippen LogP contribution in [0, 0.1) is 13.8 Å². The highest BCUT2D eigenvalue weighted by Crippen LogP contribution is 2.26. The molecule has 9 nitrogen and oxygen atoms in total. The average molecular weight is 495 g/mol.